The first-order chi connectivity index (χ1) is 13.3. The first-order valence-electron chi connectivity index (χ1n) is 8.80. The molecule has 0 amide bonds. The molecule has 0 aliphatic carbocycles. The molecular formula is C18H16BBrN4O4. The predicted molar refractivity (Wildman–Crippen MR) is 106 cm³/mol. The molecule has 1 fully saturated rings. The van der Waals surface area contributed by atoms with E-state index in [1.54, 1.807) is 0 Å². The molecule has 28 heavy (non-hydrogen) atoms. The lowest BCUT2D eigenvalue weighted by Gasteiger charge is -2.32. The SMILES string of the molecule is CC1(C)OB(c2ccc(-c3ccc(Br)c4nonc34)c3nonc23)OC1(C)C. The largest absolute Gasteiger partial charge is 0.497 e. The molecule has 10 heteroatoms. The van der Waals surface area contributed by atoms with Gasteiger partial charge in [0.25, 0.3) is 0 Å². The monoisotopic (exact) mass is 442 g/mol. The minimum atomic E-state index is -0.563. The summed E-state index contributed by atoms with van der Waals surface area (Å²) in [7, 11) is -0.563. The van der Waals surface area contributed by atoms with Crippen molar-refractivity contribution in [1.82, 2.24) is 20.6 Å². The van der Waals surface area contributed by atoms with Gasteiger partial charge in [0, 0.05) is 21.1 Å². The summed E-state index contributed by atoms with van der Waals surface area (Å²) >= 11 is 3.46. The Morgan fingerprint density at radius 3 is 1.86 bits per heavy atom. The van der Waals surface area contributed by atoms with Crippen molar-refractivity contribution >= 4 is 50.6 Å². The van der Waals surface area contributed by atoms with E-state index in [4.69, 9.17) is 18.6 Å². The molecule has 142 valence electrons. The van der Waals surface area contributed by atoms with E-state index >= 15 is 0 Å². The second-order valence-electron chi connectivity index (χ2n) is 7.81. The van der Waals surface area contributed by atoms with Crippen LogP contribution < -0.4 is 5.46 Å². The first-order valence-corrected chi connectivity index (χ1v) is 9.60. The van der Waals surface area contributed by atoms with Crippen molar-refractivity contribution in [3.05, 3.63) is 28.7 Å². The number of aromatic nitrogens is 4. The lowest BCUT2D eigenvalue weighted by Crippen LogP contribution is -2.41. The molecular weight excluding hydrogens is 427 g/mol. The Morgan fingerprint density at radius 1 is 0.714 bits per heavy atom. The zero-order chi connectivity index (χ0) is 19.7. The summed E-state index contributed by atoms with van der Waals surface area (Å²) in [5.74, 6) is 0. The van der Waals surface area contributed by atoms with Crippen LogP contribution in [0, 0.1) is 0 Å². The molecule has 1 aliphatic heterocycles. The van der Waals surface area contributed by atoms with E-state index in [0.29, 0.717) is 22.1 Å². The van der Waals surface area contributed by atoms with Crippen LogP contribution in [0.25, 0.3) is 33.2 Å². The molecule has 0 bridgehead atoms. The smallest absolute Gasteiger partial charge is 0.399 e. The van der Waals surface area contributed by atoms with Gasteiger partial charge in [0.2, 0.25) is 0 Å². The molecule has 0 atom stereocenters. The van der Waals surface area contributed by atoms with Crippen molar-refractivity contribution < 1.29 is 18.6 Å². The molecule has 0 spiro atoms. The maximum Gasteiger partial charge on any atom is 0.497 e. The van der Waals surface area contributed by atoms with Gasteiger partial charge in [-0.15, -0.1) is 0 Å². The Morgan fingerprint density at radius 2 is 1.21 bits per heavy atom. The average Bonchev–Trinajstić information content (AvgIpc) is 3.34. The van der Waals surface area contributed by atoms with Crippen molar-refractivity contribution in [3.8, 4) is 11.1 Å². The van der Waals surface area contributed by atoms with Crippen molar-refractivity contribution in [2.24, 2.45) is 0 Å². The molecule has 3 heterocycles. The van der Waals surface area contributed by atoms with Crippen LogP contribution in [-0.4, -0.2) is 38.9 Å². The molecule has 0 radical (unpaired) electrons. The van der Waals surface area contributed by atoms with Gasteiger partial charge in [-0.25, -0.2) is 9.26 Å². The summed E-state index contributed by atoms with van der Waals surface area (Å²) in [6.45, 7) is 8.04. The van der Waals surface area contributed by atoms with Gasteiger partial charge in [0.1, 0.15) is 22.1 Å². The highest BCUT2D eigenvalue weighted by molar-refractivity contribution is 9.10. The highest BCUT2D eigenvalue weighted by atomic mass is 79.9. The van der Waals surface area contributed by atoms with Crippen LogP contribution in [0.2, 0.25) is 0 Å². The molecule has 2 aromatic carbocycles. The summed E-state index contributed by atoms with van der Waals surface area (Å²) in [4.78, 5) is 0. The molecule has 1 saturated heterocycles. The Balaban J connectivity index is 1.67. The van der Waals surface area contributed by atoms with Crippen molar-refractivity contribution in [3.63, 3.8) is 0 Å². The van der Waals surface area contributed by atoms with Crippen LogP contribution in [0.4, 0.5) is 0 Å². The molecule has 0 saturated carbocycles. The maximum atomic E-state index is 6.17. The normalized spacial score (nSPS) is 18.4. The van der Waals surface area contributed by atoms with E-state index in [-0.39, 0.29) is 0 Å². The number of hydrogen-bond acceptors (Lipinski definition) is 8. The molecule has 4 aromatic rings. The average molecular weight is 443 g/mol. The van der Waals surface area contributed by atoms with Gasteiger partial charge in [0.05, 0.1) is 11.2 Å². The quantitative estimate of drug-likeness (QED) is 0.435. The highest BCUT2D eigenvalue weighted by Gasteiger charge is 2.52. The number of hydrogen-bond donors (Lipinski definition) is 0. The van der Waals surface area contributed by atoms with Gasteiger partial charge in [-0.05, 0) is 65.2 Å². The number of rotatable bonds is 2. The molecule has 0 unspecified atom stereocenters. The summed E-state index contributed by atoms with van der Waals surface area (Å²) < 4.78 is 23.1. The summed E-state index contributed by atoms with van der Waals surface area (Å²) in [6, 6.07) is 7.67. The third-order valence-electron chi connectivity index (χ3n) is 5.61. The van der Waals surface area contributed by atoms with Crippen LogP contribution in [0.3, 0.4) is 0 Å². The van der Waals surface area contributed by atoms with Gasteiger partial charge in [-0.1, -0.05) is 23.4 Å². The molecule has 1 aliphatic rings. The number of fused-ring (bicyclic) bond motifs is 2. The minimum Gasteiger partial charge on any atom is -0.399 e. The topological polar surface area (TPSA) is 96.3 Å². The highest BCUT2D eigenvalue weighted by Crippen LogP contribution is 2.38. The fourth-order valence-corrected chi connectivity index (χ4v) is 3.71. The maximum absolute atomic E-state index is 6.17. The van der Waals surface area contributed by atoms with E-state index in [1.165, 1.54) is 0 Å². The lowest BCUT2D eigenvalue weighted by molar-refractivity contribution is 0.00578. The Bertz CT molecular complexity index is 1200. The number of benzene rings is 2. The van der Waals surface area contributed by atoms with Gasteiger partial charge in [0.15, 0.2) is 0 Å². The number of halogens is 1. The predicted octanol–water partition coefficient (Wildman–Crippen LogP) is 3.49. The number of nitrogens with zero attached hydrogens (tertiary/aromatic N) is 4. The zero-order valence-corrected chi connectivity index (χ0v) is 17.3. The van der Waals surface area contributed by atoms with Crippen LogP contribution in [0.15, 0.2) is 38.0 Å². The molecule has 8 nitrogen and oxygen atoms in total. The summed E-state index contributed by atoms with van der Waals surface area (Å²) in [6.07, 6.45) is 0. The second kappa shape index (κ2) is 5.85. The molecule has 0 N–H and O–H groups in total. The molecule has 2 aromatic heterocycles. The van der Waals surface area contributed by atoms with Gasteiger partial charge < -0.3 is 9.31 Å². The zero-order valence-electron chi connectivity index (χ0n) is 15.7. The third-order valence-corrected chi connectivity index (χ3v) is 6.25. The van der Waals surface area contributed by atoms with E-state index in [1.807, 2.05) is 52.0 Å². The van der Waals surface area contributed by atoms with Crippen LogP contribution in [-0.2, 0) is 9.31 Å². The van der Waals surface area contributed by atoms with E-state index in [2.05, 4.69) is 36.6 Å². The van der Waals surface area contributed by atoms with Crippen molar-refractivity contribution in [1.29, 1.82) is 0 Å². The first kappa shape index (κ1) is 17.8. The lowest BCUT2D eigenvalue weighted by atomic mass is 9.77. The van der Waals surface area contributed by atoms with Crippen molar-refractivity contribution in [2.45, 2.75) is 38.9 Å². The molecule has 5 rings (SSSR count). The minimum absolute atomic E-state index is 0.454. The van der Waals surface area contributed by atoms with Gasteiger partial charge in [-0.3, -0.25) is 0 Å². The Kier molecular flexibility index (Phi) is 3.72. The van der Waals surface area contributed by atoms with E-state index in [0.717, 1.165) is 21.1 Å². The summed E-state index contributed by atoms with van der Waals surface area (Å²) in [5.41, 5.74) is 3.94. The van der Waals surface area contributed by atoms with Crippen LogP contribution in [0.5, 0.6) is 0 Å². The fraction of sp³-hybridized carbons (Fsp3) is 0.333. The van der Waals surface area contributed by atoms with Crippen molar-refractivity contribution in [2.75, 3.05) is 0 Å². The third kappa shape index (κ3) is 2.44. The standard InChI is InChI=1S/C18H16BBrN4O4/c1-17(2)18(3,4)26-19(25-17)11-7-5-9(13-15(11)23-27-21-13)10-6-8-12(20)16-14(10)22-28-24-16/h5-8H,1-4H3. The Labute approximate surface area is 168 Å². The second-order valence-corrected chi connectivity index (χ2v) is 8.66. The summed E-state index contributed by atoms with van der Waals surface area (Å²) in [5, 5.41) is 16.2. The fourth-order valence-electron chi connectivity index (χ4n) is 3.32. The Hall–Kier alpha value is -2.30. The van der Waals surface area contributed by atoms with Crippen LogP contribution in [0.1, 0.15) is 27.7 Å². The van der Waals surface area contributed by atoms with Crippen LogP contribution >= 0.6 is 15.9 Å². The van der Waals surface area contributed by atoms with E-state index < -0.39 is 18.3 Å². The van der Waals surface area contributed by atoms with Gasteiger partial charge in [-0.2, -0.15) is 0 Å². The van der Waals surface area contributed by atoms with Gasteiger partial charge >= 0.3 is 7.12 Å². The van der Waals surface area contributed by atoms with E-state index in [9.17, 15) is 0 Å².